The summed E-state index contributed by atoms with van der Waals surface area (Å²) >= 11 is 0. The lowest BCUT2D eigenvalue weighted by atomic mass is 10.2. The summed E-state index contributed by atoms with van der Waals surface area (Å²) in [6.07, 6.45) is -5.33. The number of aliphatic carboxylic acids is 1. The summed E-state index contributed by atoms with van der Waals surface area (Å²) in [5, 5.41) is 11.7. The van der Waals surface area contributed by atoms with Crippen LogP contribution in [0, 0.1) is 0 Å². The van der Waals surface area contributed by atoms with Gasteiger partial charge in [0.15, 0.2) is 6.10 Å². The van der Waals surface area contributed by atoms with E-state index in [1.54, 1.807) is 24.3 Å². The third kappa shape index (κ3) is 4.64. The Kier molecular flexibility index (Phi) is 4.78. The fourth-order valence-electron chi connectivity index (χ4n) is 1.78. The molecule has 0 heterocycles. The van der Waals surface area contributed by atoms with Gasteiger partial charge in [-0.1, -0.05) is 0 Å². The molecule has 0 aliphatic rings. The number of benzene rings is 2. The Balaban J connectivity index is 2.02. The average Bonchev–Trinajstić information content (AvgIpc) is 2.49. The van der Waals surface area contributed by atoms with E-state index in [0.717, 1.165) is 12.1 Å². The highest BCUT2D eigenvalue weighted by atomic mass is 19.4. The van der Waals surface area contributed by atoms with Crippen LogP contribution in [0.4, 0.5) is 24.5 Å². The molecule has 0 aromatic heterocycles. The smallest absolute Gasteiger partial charge is 0.416 e. The van der Waals surface area contributed by atoms with Crippen molar-refractivity contribution >= 4 is 17.3 Å². The van der Waals surface area contributed by atoms with Gasteiger partial charge in [0.25, 0.3) is 0 Å². The number of carboxylic acids is 1. The number of nitrogens with one attached hydrogen (secondary N) is 1. The van der Waals surface area contributed by atoms with Crippen molar-refractivity contribution in [2.45, 2.75) is 19.2 Å². The van der Waals surface area contributed by atoms with Crippen molar-refractivity contribution in [1.82, 2.24) is 0 Å². The predicted molar refractivity (Wildman–Crippen MR) is 78.9 cm³/mol. The highest BCUT2D eigenvalue weighted by molar-refractivity contribution is 5.72. The standard InChI is InChI=1S/C16H14F3NO3/c1-10(15(21)22)23-14-8-6-13(7-9-14)20-12-4-2-11(3-5-12)16(17,18)19/h2-10,20H,1H3,(H,21,22). The highest BCUT2D eigenvalue weighted by Gasteiger charge is 2.29. The molecule has 7 heteroatoms. The molecule has 23 heavy (non-hydrogen) atoms. The van der Waals surface area contributed by atoms with Gasteiger partial charge in [-0.3, -0.25) is 0 Å². The molecule has 0 bridgehead atoms. The third-order valence-corrected chi connectivity index (χ3v) is 3.02. The lowest BCUT2D eigenvalue weighted by molar-refractivity contribution is -0.144. The first-order chi connectivity index (χ1) is 10.8. The van der Waals surface area contributed by atoms with Crippen LogP contribution in [0.2, 0.25) is 0 Å². The topological polar surface area (TPSA) is 58.6 Å². The van der Waals surface area contributed by atoms with Gasteiger partial charge in [0, 0.05) is 11.4 Å². The molecule has 0 aliphatic heterocycles. The molecule has 0 amide bonds. The Labute approximate surface area is 130 Å². The number of hydrogen-bond acceptors (Lipinski definition) is 3. The van der Waals surface area contributed by atoms with E-state index in [4.69, 9.17) is 9.84 Å². The Morgan fingerprint density at radius 2 is 1.52 bits per heavy atom. The maximum atomic E-state index is 12.5. The molecule has 2 aromatic rings. The fourth-order valence-corrected chi connectivity index (χ4v) is 1.78. The second kappa shape index (κ2) is 6.60. The summed E-state index contributed by atoms with van der Waals surface area (Å²) in [7, 11) is 0. The summed E-state index contributed by atoms with van der Waals surface area (Å²) in [6, 6.07) is 11.1. The summed E-state index contributed by atoms with van der Waals surface area (Å²) < 4.78 is 42.6. The van der Waals surface area contributed by atoms with Crippen LogP contribution in [-0.2, 0) is 11.0 Å². The van der Waals surface area contributed by atoms with Gasteiger partial charge in [0.2, 0.25) is 0 Å². The van der Waals surface area contributed by atoms with Crippen LogP contribution in [0.3, 0.4) is 0 Å². The molecule has 1 atom stereocenters. The van der Waals surface area contributed by atoms with E-state index in [9.17, 15) is 18.0 Å². The van der Waals surface area contributed by atoms with Gasteiger partial charge in [-0.05, 0) is 55.5 Å². The summed E-state index contributed by atoms with van der Waals surface area (Å²) in [5.74, 6) is -0.685. The Bertz CT molecular complexity index is 666. The Morgan fingerprint density at radius 1 is 1.04 bits per heavy atom. The number of carboxylic acid groups (broad SMARTS) is 1. The molecule has 1 unspecified atom stereocenters. The summed E-state index contributed by atoms with van der Waals surface area (Å²) in [5.41, 5.74) is 0.431. The van der Waals surface area contributed by atoms with Crippen molar-refractivity contribution in [1.29, 1.82) is 0 Å². The second-order valence-corrected chi connectivity index (χ2v) is 4.82. The number of carbonyl (C=O) groups is 1. The van der Waals surface area contributed by atoms with Crippen LogP contribution in [0.5, 0.6) is 5.75 Å². The van der Waals surface area contributed by atoms with E-state index in [2.05, 4.69) is 5.32 Å². The van der Waals surface area contributed by atoms with Crippen LogP contribution >= 0.6 is 0 Å². The van der Waals surface area contributed by atoms with Gasteiger partial charge >= 0.3 is 12.1 Å². The van der Waals surface area contributed by atoms with Gasteiger partial charge in [0.05, 0.1) is 5.56 Å². The number of anilines is 2. The van der Waals surface area contributed by atoms with Gasteiger partial charge in [-0.2, -0.15) is 13.2 Å². The van der Waals surface area contributed by atoms with Crippen LogP contribution in [0.1, 0.15) is 12.5 Å². The van der Waals surface area contributed by atoms with Crippen molar-refractivity contribution in [2.24, 2.45) is 0 Å². The minimum Gasteiger partial charge on any atom is -0.479 e. The molecular formula is C16H14F3NO3. The van der Waals surface area contributed by atoms with Gasteiger partial charge < -0.3 is 15.2 Å². The number of hydrogen-bond donors (Lipinski definition) is 2. The lowest BCUT2D eigenvalue weighted by Gasteiger charge is -2.12. The fraction of sp³-hybridized carbons (Fsp3) is 0.188. The van der Waals surface area contributed by atoms with E-state index in [1.165, 1.54) is 19.1 Å². The maximum absolute atomic E-state index is 12.5. The van der Waals surface area contributed by atoms with Crippen molar-refractivity contribution in [3.8, 4) is 5.75 Å². The molecule has 2 N–H and O–H groups in total. The zero-order chi connectivity index (χ0) is 17.0. The largest absolute Gasteiger partial charge is 0.479 e. The molecule has 4 nitrogen and oxygen atoms in total. The van der Waals surface area contributed by atoms with Gasteiger partial charge in [0.1, 0.15) is 5.75 Å². The lowest BCUT2D eigenvalue weighted by Crippen LogP contribution is -2.22. The average molecular weight is 325 g/mol. The SMILES string of the molecule is CC(Oc1ccc(Nc2ccc(C(F)(F)F)cc2)cc1)C(=O)O. The first-order valence-corrected chi connectivity index (χ1v) is 6.69. The zero-order valence-electron chi connectivity index (χ0n) is 12.1. The molecule has 122 valence electrons. The van der Waals surface area contributed by atoms with E-state index < -0.39 is 23.8 Å². The van der Waals surface area contributed by atoms with Crippen LogP contribution in [0.25, 0.3) is 0 Å². The van der Waals surface area contributed by atoms with E-state index >= 15 is 0 Å². The quantitative estimate of drug-likeness (QED) is 0.860. The van der Waals surface area contributed by atoms with Crippen molar-refractivity contribution in [3.63, 3.8) is 0 Å². The molecular weight excluding hydrogens is 311 g/mol. The predicted octanol–water partition coefficient (Wildman–Crippen LogP) is 4.30. The summed E-state index contributed by atoms with van der Waals surface area (Å²) in [4.78, 5) is 10.7. The third-order valence-electron chi connectivity index (χ3n) is 3.02. The molecule has 2 rings (SSSR count). The van der Waals surface area contributed by atoms with E-state index in [-0.39, 0.29) is 0 Å². The van der Waals surface area contributed by atoms with E-state index in [0.29, 0.717) is 17.1 Å². The first kappa shape index (κ1) is 16.7. The van der Waals surface area contributed by atoms with Crippen molar-refractivity contribution in [3.05, 3.63) is 54.1 Å². The summed E-state index contributed by atoms with van der Waals surface area (Å²) in [6.45, 7) is 1.41. The molecule has 2 aromatic carbocycles. The maximum Gasteiger partial charge on any atom is 0.416 e. The molecule has 0 radical (unpaired) electrons. The minimum absolute atomic E-state index is 0.387. The number of halogens is 3. The second-order valence-electron chi connectivity index (χ2n) is 4.82. The van der Waals surface area contributed by atoms with Crippen molar-refractivity contribution in [2.75, 3.05) is 5.32 Å². The molecule has 0 aliphatic carbocycles. The molecule has 0 saturated heterocycles. The van der Waals surface area contributed by atoms with E-state index in [1.807, 2.05) is 0 Å². The normalized spacial score (nSPS) is 12.5. The van der Waals surface area contributed by atoms with Crippen LogP contribution < -0.4 is 10.1 Å². The van der Waals surface area contributed by atoms with Crippen molar-refractivity contribution < 1.29 is 27.8 Å². The van der Waals surface area contributed by atoms with Gasteiger partial charge in [-0.15, -0.1) is 0 Å². The van der Waals surface area contributed by atoms with Crippen LogP contribution in [0.15, 0.2) is 48.5 Å². The van der Waals surface area contributed by atoms with Crippen LogP contribution in [-0.4, -0.2) is 17.2 Å². The first-order valence-electron chi connectivity index (χ1n) is 6.69. The van der Waals surface area contributed by atoms with Gasteiger partial charge in [-0.25, -0.2) is 4.79 Å². The molecule has 0 spiro atoms. The highest BCUT2D eigenvalue weighted by Crippen LogP contribution is 2.30. The number of rotatable bonds is 5. The minimum atomic E-state index is -4.36. The number of ether oxygens (including phenoxy) is 1. The number of alkyl halides is 3. The zero-order valence-corrected chi connectivity index (χ0v) is 12.1. The Morgan fingerprint density at radius 3 is 1.96 bits per heavy atom. The molecule has 0 saturated carbocycles. The molecule has 0 fully saturated rings. The monoisotopic (exact) mass is 325 g/mol. The Hall–Kier alpha value is -2.70.